The molecule has 0 bridgehead atoms. The summed E-state index contributed by atoms with van der Waals surface area (Å²) in [5.41, 5.74) is 3.57. The maximum Gasteiger partial charge on any atom is 0.255 e. The number of hydrogen-bond acceptors (Lipinski definition) is 4. The van der Waals surface area contributed by atoms with E-state index in [0.29, 0.717) is 29.2 Å². The number of nitrogens with one attached hydrogen (secondary N) is 1. The van der Waals surface area contributed by atoms with Crippen molar-refractivity contribution in [1.82, 2.24) is 4.98 Å². The van der Waals surface area contributed by atoms with E-state index in [0.717, 1.165) is 43.4 Å². The Bertz CT molecular complexity index is 971. The van der Waals surface area contributed by atoms with Gasteiger partial charge >= 0.3 is 0 Å². The van der Waals surface area contributed by atoms with Gasteiger partial charge in [0.1, 0.15) is 0 Å². The lowest BCUT2D eigenvalue weighted by molar-refractivity contribution is 0.0448. The van der Waals surface area contributed by atoms with E-state index in [4.69, 9.17) is 0 Å². The van der Waals surface area contributed by atoms with Gasteiger partial charge in [0.15, 0.2) is 5.78 Å². The van der Waals surface area contributed by atoms with Crippen molar-refractivity contribution < 1.29 is 14.7 Å². The van der Waals surface area contributed by atoms with E-state index in [2.05, 4.69) is 31.1 Å². The molecule has 2 aliphatic rings. The van der Waals surface area contributed by atoms with Crippen LogP contribution >= 0.6 is 0 Å². The molecule has 3 atom stereocenters. The summed E-state index contributed by atoms with van der Waals surface area (Å²) < 4.78 is 0. The van der Waals surface area contributed by atoms with Gasteiger partial charge in [-0.1, -0.05) is 33.3 Å². The zero-order chi connectivity index (χ0) is 23.3. The molecule has 0 spiro atoms. The molecule has 2 N–H and O–H groups in total. The molecule has 1 amide bonds. The van der Waals surface area contributed by atoms with Crippen LogP contribution in [0.25, 0.3) is 0 Å². The standard InChI is InChI=1S/C24H28N2O3.C3H8/c1-3-24-11-10-18(27)14-17(24)7-9-22(28)19-13-16(6-8-20(19)24)23(29)26-21-5-4-12-25-15(21)2;1-3-2/h4-6,8,12-13,17-18,27H,3,7,9-11,14H2,1-2H3,(H,26,29);3H2,1-2H3. The number of ketones is 1. The number of rotatable bonds is 3. The van der Waals surface area contributed by atoms with Crippen LogP contribution in [-0.4, -0.2) is 27.9 Å². The minimum absolute atomic E-state index is 0.0876. The van der Waals surface area contributed by atoms with Crippen LogP contribution in [0.1, 0.15) is 97.7 Å². The molecule has 1 fully saturated rings. The highest BCUT2D eigenvalue weighted by Crippen LogP contribution is 2.51. The third-order valence-corrected chi connectivity index (χ3v) is 6.99. The number of nitrogens with zero attached hydrogens (tertiary/aromatic N) is 1. The van der Waals surface area contributed by atoms with Gasteiger partial charge < -0.3 is 10.4 Å². The second kappa shape index (κ2) is 10.4. The number of fused-ring (bicyclic) bond motifs is 3. The van der Waals surface area contributed by atoms with Crippen molar-refractivity contribution in [1.29, 1.82) is 0 Å². The molecule has 2 aromatic rings. The predicted octanol–water partition coefficient (Wildman–Crippen LogP) is 5.84. The van der Waals surface area contributed by atoms with E-state index in [-0.39, 0.29) is 23.2 Å². The van der Waals surface area contributed by atoms with E-state index < -0.39 is 0 Å². The number of amides is 1. The van der Waals surface area contributed by atoms with Crippen LogP contribution in [0.3, 0.4) is 0 Å². The summed E-state index contributed by atoms with van der Waals surface area (Å²) in [4.78, 5) is 30.0. The predicted molar refractivity (Wildman–Crippen MR) is 128 cm³/mol. The molecular formula is C27H36N2O3. The highest BCUT2D eigenvalue weighted by atomic mass is 16.3. The lowest BCUT2D eigenvalue weighted by atomic mass is 9.59. The Hall–Kier alpha value is -2.53. The normalized spacial score (nSPS) is 24.3. The summed E-state index contributed by atoms with van der Waals surface area (Å²) >= 11 is 0. The number of benzene rings is 1. The van der Waals surface area contributed by atoms with Gasteiger partial charge in [-0.2, -0.15) is 0 Å². The number of aliphatic hydroxyl groups excluding tert-OH is 1. The molecule has 1 aromatic carbocycles. The van der Waals surface area contributed by atoms with Gasteiger partial charge in [0.05, 0.1) is 17.5 Å². The van der Waals surface area contributed by atoms with E-state index in [1.54, 1.807) is 18.3 Å². The van der Waals surface area contributed by atoms with Crippen LogP contribution in [-0.2, 0) is 5.41 Å². The first kappa shape index (κ1) is 24.1. The van der Waals surface area contributed by atoms with Crippen molar-refractivity contribution in [3.8, 4) is 0 Å². The van der Waals surface area contributed by atoms with Crippen LogP contribution in [0.2, 0.25) is 0 Å². The molecule has 2 aliphatic carbocycles. The SMILES string of the molecule is CCC.CCC12CCC(O)CC1CCC(=O)c1cc(C(=O)Nc3cccnc3C)ccc12. The first-order chi connectivity index (χ1) is 15.4. The van der Waals surface area contributed by atoms with Gasteiger partial charge in [-0.25, -0.2) is 0 Å². The molecule has 0 aliphatic heterocycles. The van der Waals surface area contributed by atoms with E-state index in [1.807, 2.05) is 25.1 Å². The van der Waals surface area contributed by atoms with Crippen LogP contribution < -0.4 is 5.32 Å². The number of carbonyl (C=O) groups is 2. The molecule has 172 valence electrons. The molecule has 1 heterocycles. The van der Waals surface area contributed by atoms with E-state index >= 15 is 0 Å². The maximum absolute atomic E-state index is 13.0. The lowest BCUT2D eigenvalue weighted by Crippen LogP contribution is -2.41. The van der Waals surface area contributed by atoms with Crippen LogP contribution in [0.5, 0.6) is 0 Å². The van der Waals surface area contributed by atoms with Crippen LogP contribution in [0.4, 0.5) is 5.69 Å². The maximum atomic E-state index is 13.0. The average molecular weight is 437 g/mol. The minimum Gasteiger partial charge on any atom is -0.393 e. The zero-order valence-electron chi connectivity index (χ0n) is 19.8. The highest BCUT2D eigenvalue weighted by Gasteiger charge is 2.46. The van der Waals surface area contributed by atoms with Crippen molar-refractivity contribution in [2.75, 3.05) is 5.32 Å². The van der Waals surface area contributed by atoms with Crippen molar-refractivity contribution in [2.45, 2.75) is 84.2 Å². The zero-order valence-corrected chi connectivity index (χ0v) is 19.8. The molecule has 5 nitrogen and oxygen atoms in total. The fourth-order valence-corrected chi connectivity index (χ4v) is 5.31. The number of aryl methyl sites for hydroxylation is 1. The second-order valence-corrected chi connectivity index (χ2v) is 9.15. The number of pyridine rings is 1. The molecular weight excluding hydrogens is 400 g/mol. The molecule has 1 aromatic heterocycles. The monoisotopic (exact) mass is 436 g/mol. The number of Topliss-reactive ketones (excluding diaryl/α,β-unsaturated/α-hetero) is 1. The first-order valence-corrected chi connectivity index (χ1v) is 11.9. The quantitative estimate of drug-likeness (QED) is 0.633. The summed E-state index contributed by atoms with van der Waals surface area (Å²) in [6.45, 7) is 8.27. The Morgan fingerprint density at radius 3 is 2.66 bits per heavy atom. The summed E-state index contributed by atoms with van der Waals surface area (Å²) in [7, 11) is 0. The van der Waals surface area contributed by atoms with Gasteiger partial charge in [-0.3, -0.25) is 14.6 Å². The number of carbonyl (C=O) groups excluding carboxylic acids is 2. The molecule has 1 saturated carbocycles. The van der Waals surface area contributed by atoms with Gasteiger partial charge in [0, 0.05) is 23.7 Å². The minimum atomic E-state index is -0.274. The lowest BCUT2D eigenvalue weighted by Gasteiger charge is -2.45. The molecule has 0 radical (unpaired) electrons. The first-order valence-electron chi connectivity index (χ1n) is 11.9. The highest BCUT2D eigenvalue weighted by molar-refractivity contribution is 6.07. The number of aromatic nitrogens is 1. The summed E-state index contributed by atoms with van der Waals surface area (Å²) in [6.07, 6.45) is 7.27. The van der Waals surface area contributed by atoms with Crippen molar-refractivity contribution in [2.24, 2.45) is 5.92 Å². The number of hydrogen-bond donors (Lipinski definition) is 2. The summed E-state index contributed by atoms with van der Waals surface area (Å²) in [5, 5.41) is 13.1. The molecule has 32 heavy (non-hydrogen) atoms. The smallest absolute Gasteiger partial charge is 0.255 e. The van der Waals surface area contributed by atoms with Crippen LogP contribution in [0, 0.1) is 12.8 Å². The number of aliphatic hydroxyl groups is 1. The van der Waals surface area contributed by atoms with Gasteiger partial charge in [-0.05, 0) is 80.2 Å². The largest absolute Gasteiger partial charge is 0.393 e. The fraction of sp³-hybridized carbons (Fsp3) is 0.519. The molecule has 3 unspecified atom stereocenters. The Morgan fingerprint density at radius 2 is 1.97 bits per heavy atom. The molecule has 4 rings (SSSR count). The van der Waals surface area contributed by atoms with E-state index in [1.165, 1.54) is 6.42 Å². The fourth-order valence-electron chi connectivity index (χ4n) is 5.31. The topological polar surface area (TPSA) is 79.3 Å². The van der Waals surface area contributed by atoms with Crippen molar-refractivity contribution in [3.05, 3.63) is 58.9 Å². The Morgan fingerprint density at radius 1 is 1.22 bits per heavy atom. The Kier molecular flexibility index (Phi) is 7.83. The average Bonchev–Trinajstić information content (AvgIpc) is 2.90. The third kappa shape index (κ3) is 4.78. The number of anilines is 1. The van der Waals surface area contributed by atoms with Crippen LogP contribution in [0.15, 0.2) is 36.5 Å². The molecule has 5 heteroatoms. The third-order valence-electron chi connectivity index (χ3n) is 6.99. The van der Waals surface area contributed by atoms with Gasteiger partial charge in [0.2, 0.25) is 0 Å². The summed E-state index contributed by atoms with van der Waals surface area (Å²) in [6, 6.07) is 9.18. The van der Waals surface area contributed by atoms with Gasteiger partial charge in [0.25, 0.3) is 5.91 Å². The van der Waals surface area contributed by atoms with E-state index in [9.17, 15) is 14.7 Å². The Balaban J connectivity index is 0.000000913. The van der Waals surface area contributed by atoms with Gasteiger partial charge in [-0.15, -0.1) is 0 Å². The Labute approximate surface area is 191 Å². The van der Waals surface area contributed by atoms with Crippen molar-refractivity contribution >= 4 is 17.4 Å². The summed E-state index contributed by atoms with van der Waals surface area (Å²) in [5.74, 6) is 0.171. The second-order valence-electron chi connectivity index (χ2n) is 9.15. The molecule has 0 saturated heterocycles. The van der Waals surface area contributed by atoms with Crippen molar-refractivity contribution in [3.63, 3.8) is 0 Å².